The van der Waals surface area contributed by atoms with Crippen molar-refractivity contribution in [3.8, 4) is 0 Å². The van der Waals surface area contributed by atoms with Crippen LogP contribution in [0.15, 0.2) is 12.3 Å². The lowest BCUT2D eigenvalue weighted by molar-refractivity contribution is -0.139. The van der Waals surface area contributed by atoms with Gasteiger partial charge in [-0.15, -0.1) is 0 Å². The number of primary amides is 1. The molecule has 0 saturated carbocycles. The number of piperidine rings is 1. The number of hydrogen-bond acceptors (Lipinski definition) is 4. The van der Waals surface area contributed by atoms with Gasteiger partial charge in [0.15, 0.2) is 0 Å². The zero-order chi connectivity index (χ0) is 20.4. The molecule has 2 bridgehead atoms. The molecule has 2 saturated heterocycles. The topological polar surface area (TPSA) is 114 Å². The van der Waals surface area contributed by atoms with Crippen LogP contribution in [0.2, 0.25) is 0 Å². The lowest BCUT2D eigenvalue weighted by Gasteiger charge is -2.42. The Bertz CT molecular complexity index is 734. The zero-order valence-corrected chi connectivity index (χ0v) is 16.8. The highest BCUT2D eigenvalue weighted by atomic mass is 16.2. The molecule has 2 aliphatic rings. The second-order valence-electron chi connectivity index (χ2n) is 7.90. The van der Waals surface area contributed by atoms with Crippen molar-refractivity contribution in [1.82, 2.24) is 24.9 Å². The minimum absolute atomic E-state index is 0.0527. The number of hydrogen-bond donors (Lipinski definition) is 2. The molecule has 1 aromatic rings. The molecule has 0 aromatic carbocycles. The van der Waals surface area contributed by atoms with Crippen molar-refractivity contribution in [1.29, 1.82) is 0 Å². The number of nitrogens with one attached hydrogen (secondary N) is 1. The maximum Gasteiger partial charge on any atom is 0.312 e. The van der Waals surface area contributed by atoms with Gasteiger partial charge in [0.1, 0.15) is 0 Å². The fraction of sp³-hybridized carbons (Fsp3) is 0.684. The van der Waals surface area contributed by atoms with Crippen LogP contribution in [-0.2, 0) is 16.6 Å². The van der Waals surface area contributed by atoms with E-state index in [2.05, 4.69) is 10.4 Å². The third kappa shape index (κ3) is 3.98. The van der Waals surface area contributed by atoms with Crippen LogP contribution < -0.4 is 11.1 Å². The van der Waals surface area contributed by atoms with Gasteiger partial charge < -0.3 is 20.9 Å². The number of likely N-dealkylation sites (N-methyl/N-ethyl adjacent to an activating group) is 1. The summed E-state index contributed by atoms with van der Waals surface area (Å²) in [5.74, 6) is -0.120. The monoisotopic (exact) mass is 390 g/mol. The number of aryl methyl sites for hydroxylation is 1. The second kappa shape index (κ2) is 8.20. The van der Waals surface area contributed by atoms with Crippen molar-refractivity contribution in [3.63, 3.8) is 0 Å². The SMILES string of the molecule is CC(C(=O)N(C)C1C[C@H]2CC[C@@H](C1)N2C(=O)CCNC(N)=O)c1ccnn1C. The van der Waals surface area contributed by atoms with Crippen molar-refractivity contribution in [2.75, 3.05) is 13.6 Å². The molecular formula is C19H30N6O3. The average molecular weight is 390 g/mol. The van der Waals surface area contributed by atoms with Crippen LogP contribution >= 0.6 is 0 Å². The lowest BCUT2D eigenvalue weighted by atomic mass is 9.94. The summed E-state index contributed by atoms with van der Waals surface area (Å²) >= 11 is 0. The fourth-order valence-corrected chi connectivity index (χ4v) is 4.71. The molecule has 0 radical (unpaired) electrons. The van der Waals surface area contributed by atoms with Crippen LogP contribution in [0, 0.1) is 0 Å². The van der Waals surface area contributed by atoms with Gasteiger partial charge in [0, 0.05) is 51.4 Å². The molecule has 2 fully saturated rings. The van der Waals surface area contributed by atoms with E-state index in [1.165, 1.54) is 0 Å². The Balaban J connectivity index is 1.60. The molecule has 154 valence electrons. The van der Waals surface area contributed by atoms with E-state index in [1.807, 2.05) is 36.9 Å². The number of rotatable bonds is 6. The van der Waals surface area contributed by atoms with Gasteiger partial charge in [-0.25, -0.2) is 4.79 Å². The Labute approximate surface area is 165 Å². The molecule has 1 aromatic heterocycles. The van der Waals surface area contributed by atoms with E-state index in [0.29, 0.717) is 0 Å². The molecule has 2 unspecified atom stereocenters. The van der Waals surface area contributed by atoms with Crippen molar-refractivity contribution < 1.29 is 14.4 Å². The summed E-state index contributed by atoms with van der Waals surface area (Å²) in [6, 6.07) is 1.71. The van der Waals surface area contributed by atoms with Gasteiger partial charge >= 0.3 is 6.03 Å². The summed E-state index contributed by atoms with van der Waals surface area (Å²) in [7, 11) is 3.71. The summed E-state index contributed by atoms with van der Waals surface area (Å²) < 4.78 is 1.74. The van der Waals surface area contributed by atoms with Crippen LogP contribution in [0.4, 0.5) is 4.79 Å². The van der Waals surface area contributed by atoms with Gasteiger partial charge in [-0.1, -0.05) is 0 Å². The van der Waals surface area contributed by atoms with Crippen molar-refractivity contribution in [2.45, 2.75) is 63.1 Å². The van der Waals surface area contributed by atoms with Gasteiger partial charge in [-0.3, -0.25) is 14.3 Å². The van der Waals surface area contributed by atoms with Crippen LogP contribution in [0.5, 0.6) is 0 Å². The minimum atomic E-state index is -0.614. The smallest absolute Gasteiger partial charge is 0.312 e. The molecule has 2 aliphatic heterocycles. The van der Waals surface area contributed by atoms with E-state index in [1.54, 1.807) is 10.9 Å². The van der Waals surface area contributed by atoms with Gasteiger partial charge in [0.25, 0.3) is 0 Å². The number of fused-ring (bicyclic) bond motifs is 2. The van der Waals surface area contributed by atoms with Gasteiger partial charge in [0.05, 0.1) is 11.6 Å². The van der Waals surface area contributed by atoms with E-state index in [-0.39, 0.29) is 48.8 Å². The Morgan fingerprint density at radius 2 is 1.96 bits per heavy atom. The normalized spacial score (nSPS) is 24.7. The summed E-state index contributed by atoms with van der Waals surface area (Å²) in [6.07, 6.45) is 5.49. The lowest BCUT2D eigenvalue weighted by Crippen LogP contribution is -2.53. The third-order valence-corrected chi connectivity index (χ3v) is 6.20. The van der Waals surface area contributed by atoms with Crippen LogP contribution in [0.3, 0.4) is 0 Å². The first-order valence-corrected chi connectivity index (χ1v) is 9.88. The standard InChI is InChI=1S/C19H30N6O3/c1-12(16-6-9-22-24(16)3)18(27)23(2)15-10-13-4-5-14(11-15)25(13)17(26)7-8-21-19(20)28/h6,9,12-15H,4-5,7-8,10-11H2,1-3H3,(H3,20,21,28)/t12?,13-,14+,15?. The number of nitrogens with zero attached hydrogens (tertiary/aromatic N) is 4. The molecule has 4 atom stereocenters. The maximum atomic E-state index is 13.0. The maximum absolute atomic E-state index is 13.0. The first-order valence-electron chi connectivity index (χ1n) is 9.88. The van der Waals surface area contributed by atoms with Gasteiger partial charge in [-0.2, -0.15) is 5.10 Å². The highest BCUT2D eigenvalue weighted by Gasteiger charge is 2.44. The largest absolute Gasteiger partial charge is 0.352 e. The number of carbonyl (C=O) groups excluding carboxylic acids is 3. The Kier molecular flexibility index (Phi) is 5.90. The first-order chi connectivity index (χ1) is 13.3. The van der Waals surface area contributed by atoms with Gasteiger partial charge in [-0.05, 0) is 38.7 Å². The highest BCUT2D eigenvalue weighted by Crippen LogP contribution is 2.38. The molecule has 9 nitrogen and oxygen atoms in total. The Hall–Kier alpha value is -2.58. The second-order valence-corrected chi connectivity index (χ2v) is 7.90. The Morgan fingerprint density at radius 3 is 2.50 bits per heavy atom. The van der Waals surface area contributed by atoms with E-state index in [0.717, 1.165) is 31.4 Å². The van der Waals surface area contributed by atoms with Crippen LogP contribution in [0.1, 0.15) is 50.6 Å². The zero-order valence-electron chi connectivity index (χ0n) is 16.8. The first kappa shape index (κ1) is 20.2. The molecule has 3 heterocycles. The quantitative estimate of drug-likeness (QED) is 0.739. The van der Waals surface area contributed by atoms with E-state index >= 15 is 0 Å². The van der Waals surface area contributed by atoms with Crippen molar-refractivity contribution in [3.05, 3.63) is 18.0 Å². The average Bonchev–Trinajstić information content (AvgIpc) is 3.19. The van der Waals surface area contributed by atoms with Crippen molar-refractivity contribution >= 4 is 17.8 Å². The summed E-state index contributed by atoms with van der Waals surface area (Å²) in [4.78, 5) is 40.2. The molecule has 3 N–H and O–H groups in total. The molecule has 4 amide bonds. The Morgan fingerprint density at radius 1 is 1.32 bits per heavy atom. The van der Waals surface area contributed by atoms with E-state index in [9.17, 15) is 14.4 Å². The minimum Gasteiger partial charge on any atom is -0.352 e. The van der Waals surface area contributed by atoms with Crippen molar-refractivity contribution in [2.24, 2.45) is 12.8 Å². The number of aromatic nitrogens is 2. The van der Waals surface area contributed by atoms with E-state index < -0.39 is 6.03 Å². The molecule has 0 spiro atoms. The third-order valence-electron chi connectivity index (χ3n) is 6.20. The van der Waals surface area contributed by atoms with Crippen LogP contribution in [-0.4, -0.2) is 69.1 Å². The summed E-state index contributed by atoms with van der Waals surface area (Å²) in [5.41, 5.74) is 5.95. The summed E-state index contributed by atoms with van der Waals surface area (Å²) in [5, 5.41) is 6.63. The predicted octanol–water partition coefficient (Wildman–Crippen LogP) is 0.562. The van der Waals surface area contributed by atoms with E-state index in [4.69, 9.17) is 5.73 Å². The van der Waals surface area contributed by atoms with Crippen LogP contribution in [0.25, 0.3) is 0 Å². The molecule has 28 heavy (non-hydrogen) atoms. The predicted molar refractivity (Wildman–Crippen MR) is 103 cm³/mol. The summed E-state index contributed by atoms with van der Waals surface area (Å²) in [6.45, 7) is 2.17. The molecule has 3 rings (SSSR count). The molecule has 9 heteroatoms. The highest BCUT2D eigenvalue weighted by molar-refractivity contribution is 5.83. The number of amides is 4. The fourth-order valence-electron chi connectivity index (χ4n) is 4.71. The molecule has 0 aliphatic carbocycles. The number of nitrogens with two attached hydrogens (primary N) is 1. The van der Waals surface area contributed by atoms with Gasteiger partial charge in [0.2, 0.25) is 11.8 Å². The number of carbonyl (C=O) groups is 3. The number of urea groups is 1. The molecular weight excluding hydrogens is 360 g/mol.